The lowest BCUT2D eigenvalue weighted by molar-refractivity contribution is 0.145. The summed E-state index contributed by atoms with van der Waals surface area (Å²) in [6.07, 6.45) is 2.81. The highest BCUT2D eigenvalue weighted by Crippen LogP contribution is 2.28. The maximum Gasteiger partial charge on any atom is 0.327 e. The first kappa shape index (κ1) is 28.1. The Morgan fingerprint density at radius 3 is 2.56 bits per heavy atom. The molecule has 11 heteroatoms. The third kappa shape index (κ3) is 6.26. The number of nitrogens with one attached hydrogen (secondary N) is 2. The molecule has 1 aliphatic rings. The minimum Gasteiger partial charge on any atom is -0.393 e. The van der Waals surface area contributed by atoms with Crippen LogP contribution in [0.25, 0.3) is 10.9 Å². The van der Waals surface area contributed by atoms with Gasteiger partial charge in [0.05, 0.1) is 35.2 Å². The normalized spacial score (nSPS) is 13.7. The summed E-state index contributed by atoms with van der Waals surface area (Å²) in [6.45, 7) is 6.13. The average Bonchev–Trinajstić information content (AvgIpc) is 3.33. The quantitative estimate of drug-likeness (QED) is 0.239. The summed E-state index contributed by atoms with van der Waals surface area (Å²) in [7, 11) is 1.67. The van der Waals surface area contributed by atoms with E-state index in [1.165, 1.54) is 11.2 Å². The number of rotatable bonds is 7. The molecular weight excluding hydrogens is 542 g/mol. The number of benzene rings is 2. The molecule has 4 heterocycles. The molecule has 0 aliphatic carbocycles. The number of urea groups is 1. The van der Waals surface area contributed by atoms with Crippen LogP contribution >= 0.6 is 0 Å². The van der Waals surface area contributed by atoms with Crippen LogP contribution in [0.15, 0.2) is 73.1 Å². The SMILES string of the molecule is Cc1cccc(Cn2nc(C)c3c(NC(=O)N(C)c4cc(Nc5ccc(N6CCC(O)CC6)cc5)ncn4)cccc32)n1. The van der Waals surface area contributed by atoms with Gasteiger partial charge in [-0.3, -0.25) is 14.6 Å². The predicted molar refractivity (Wildman–Crippen MR) is 169 cm³/mol. The molecule has 6 rings (SSSR count). The lowest BCUT2D eigenvalue weighted by Crippen LogP contribution is -2.35. The molecule has 1 aliphatic heterocycles. The van der Waals surface area contributed by atoms with Crippen molar-refractivity contribution < 1.29 is 9.90 Å². The van der Waals surface area contributed by atoms with E-state index in [9.17, 15) is 9.90 Å². The van der Waals surface area contributed by atoms with E-state index in [0.717, 1.165) is 65.3 Å². The number of carbonyl (C=O) groups is 1. The molecule has 1 saturated heterocycles. The molecule has 1 fully saturated rings. The fourth-order valence-corrected chi connectivity index (χ4v) is 5.42. The zero-order chi connectivity index (χ0) is 29.9. The van der Waals surface area contributed by atoms with Crippen molar-refractivity contribution >= 4 is 45.6 Å². The first-order valence-corrected chi connectivity index (χ1v) is 14.4. The topological polar surface area (TPSA) is 124 Å². The molecule has 3 aromatic heterocycles. The highest BCUT2D eigenvalue weighted by Gasteiger charge is 2.19. The Labute approximate surface area is 250 Å². The largest absolute Gasteiger partial charge is 0.393 e. The fraction of sp³-hybridized carbons (Fsp3) is 0.281. The predicted octanol–water partition coefficient (Wildman–Crippen LogP) is 5.26. The van der Waals surface area contributed by atoms with Crippen molar-refractivity contribution in [2.45, 2.75) is 39.3 Å². The first-order valence-electron chi connectivity index (χ1n) is 14.4. The maximum atomic E-state index is 13.4. The van der Waals surface area contributed by atoms with E-state index >= 15 is 0 Å². The Hall–Kier alpha value is -5.03. The molecule has 220 valence electrons. The molecular formula is C32H35N9O2. The molecule has 11 nitrogen and oxygen atoms in total. The van der Waals surface area contributed by atoms with E-state index in [2.05, 4.69) is 42.6 Å². The number of aryl methyl sites for hydroxylation is 2. The van der Waals surface area contributed by atoms with Gasteiger partial charge in [0, 0.05) is 48.7 Å². The van der Waals surface area contributed by atoms with Crippen molar-refractivity contribution in [3.8, 4) is 0 Å². The summed E-state index contributed by atoms with van der Waals surface area (Å²) >= 11 is 0. The number of aromatic nitrogens is 5. The number of fused-ring (bicyclic) bond motifs is 1. The second-order valence-electron chi connectivity index (χ2n) is 10.9. The van der Waals surface area contributed by atoms with Gasteiger partial charge in [0.15, 0.2) is 0 Å². The second-order valence-corrected chi connectivity index (χ2v) is 10.9. The average molecular weight is 578 g/mol. The molecule has 0 unspecified atom stereocenters. The minimum atomic E-state index is -0.333. The van der Waals surface area contributed by atoms with Crippen LogP contribution in [0.1, 0.15) is 29.9 Å². The van der Waals surface area contributed by atoms with Crippen LogP contribution in [0.4, 0.5) is 33.5 Å². The molecule has 2 aromatic carbocycles. The van der Waals surface area contributed by atoms with Crippen molar-refractivity contribution in [3.05, 3.63) is 90.1 Å². The number of amides is 2. The highest BCUT2D eigenvalue weighted by molar-refractivity contribution is 6.07. The van der Waals surface area contributed by atoms with Crippen molar-refractivity contribution in [2.24, 2.45) is 0 Å². The van der Waals surface area contributed by atoms with Crippen LogP contribution in [0.3, 0.4) is 0 Å². The lowest BCUT2D eigenvalue weighted by Gasteiger charge is -2.31. The highest BCUT2D eigenvalue weighted by atomic mass is 16.3. The molecule has 0 spiro atoms. The molecule has 3 N–H and O–H groups in total. The summed E-state index contributed by atoms with van der Waals surface area (Å²) in [6, 6.07) is 21.2. The molecule has 0 atom stereocenters. The number of hydrogen-bond acceptors (Lipinski definition) is 8. The number of hydrogen-bond donors (Lipinski definition) is 3. The van der Waals surface area contributed by atoms with Gasteiger partial charge in [-0.05, 0) is 75.2 Å². The standard InChI is InChI=1S/C32H35N9O2/c1-21-6-4-7-24(35-21)19-41-28-9-5-8-27(31(28)22(2)38-41)37-32(43)39(3)30-18-29(33-20-34-30)36-23-10-12-25(13-11-23)40-16-14-26(42)15-17-40/h4-13,18,20,26,42H,14-17,19H2,1-3H3,(H,37,43)(H,33,34,36). The molecule has 2 amide bonds. The lowest BCUT2D eigenvalue weighted by atomic mass is 10.1. The van der Waals surface area contributed by atoms with Crippen molar-refractivity contribution in [3.63, 3.8) is 0 Å². The molecule has 0 radical (unpaired) electrons. The van der Waals surface area contributed by atoms with Gasteiger partial charge in [-0.15, -0.1) is 0 Å². The number of aliphatic hydroxyl groups excluding tert-OH is 1. The van der Waals surface area contributed by atoms with Gasteiger partial charge in [0.2, 0.25) is 0 Å². The van der Waals surface area contributed by atoms with E-state index in [1.54, 1.807) is 13.1 Å². The number of pyridine rings is 1. The van der Waals surface area contributed by atoms with Crippen LogP contribution in [-0.4, -0.2) is 62.1 Å². The second kappa shape index (κ2) is 12.1. The van der Waals surface area contributed by atoms with Gasteiger partial charge >= 0.3 is 6.03 Å². The van der Waals surface area contributed by atoms with Gasteiger partial charge in [0.1, 0.15) is 18.0 Å². The van der Waals surface area contributed by atoms with Crippen LogP contribution in [-0.2, 0) is 6.54 Å². The van der Waals surface area contributed by atoms with E-state index in [1.807, 2.05) is 67.1 Å². The Morgan fingerprint density at radius 1 is 1.02 bits per heavy atom. The monoisotopic (exact) mass is 577 g/mol. The smallest absolute Gasteiger partial charge is 0.327 e. The van der Waals surface area contributed by atoms with E-state index in [0.29, 0.717) is 23.9 Å². The maximum absolute atomic E-state index is 13.4. The Bertz CT molecular complexity index is 1740. The Kier molecular flexibility index (Phi) is 7.89. The van der Waals surface area contributed by atoms with Crippen LogP contribution in [0.5, 0.6) is 0 Å². The summed E-state index contributed by atoms with van der Waals surface area (Å²) in [5.74, 6) is 1.02. The third-order valence-corrected chi connectivity index (χ3v) is 7.72. The van der Waals surface area contributed by atoms with Crippen LogP contribution in [0, 0.1) is 13.8 Å². The van der Waals surface area contributed by atoms with Gasteiger partial charge in [-0.25, -0.2) is 14.8 Å². The van der Waals surface area contributed by atoms with Gasteiger partial charge < -0.3 is 20.6 Å². The summed E-state index contributed by atoms with van der Waals surface area (Å²) in [5, 5.41) is 21.7. The van der Waals surface area contributed by atoms with Crippen molar-refractivity contribution in [1.82, 2.24) is 24.7 Å². The first-order chi connectivity index (χ1) is 20.8. The molecule has 5 aromatic rings. The fourth-order valence-electron chi connectivity index (χ4n) is 5.42. The number of nitrogens with zero attached hydrogens (tertiary/aromatic N) is 7. The number of carbonyl (C=O) groups excluding carboxylic acids is 1. The van der Waals surface area contributed by atoms with E-state index < -0.39 is 0 Å². The van der Waals surface area contributed by atoms with Gasteiger partial charge in [0.25, 0.3) is 0 Å². The van der Waals surface area contributed by atoms with Crippen molar-refractivity contribution in [1.29, 1.82) is 0 Å². The molecule has 0 saturated carbocycles. The zero-order valence-corrected chi connectivity index (χ0v) is 24.5. The number of anilines is 5. The minimum absolute atomic E-state index is 0.201. The summed E-state index contributed by atoms with van der Waals surface area (Å²) in [5.41, 5.74) is 6.28. The third-order valence-electron chi connectivity index (χ3n) is 7.72. The number of piperidine rings is 1. The summed E-state index contributed by atoms with van der Waals surface area (Å²) in [4.78, 5) is 30.4. The van der Waals surface area contributed by atoms with Gasteiger partial charge in [-0.2, -0.15) is 5.10 Å². The van der Waals surface area contributed by atoms with E-state index in [-0.39, 0.29) is 12.1 Å². The van der Waals surface area contributed by atoms with Gasteiger partial charge in [-0.1, -0.05) is 12.1 Å². The zero-order valence-electron chi connectivity index (χ0n) is 24.5. The molecule has 43 heavy (non-hydrogen) atoms. The Balaban J connectivity index is 1.14. The number of aliphatic hydroxyl groups is 1. The summed E-state index contributed by atoms with van der Waals surface area (Å²) < 4.78 is 1.91. The molecule has 0 bridgehead atoms. The van der Waals surface area contributed by atoms with Crippen LogP contribution < -0.4 is 20.4 Å². The Morgan fingerprint density at radius 2 is 1.79 bits per heavy atom. The van der Waals surface area contributed by atoms with Crippen molar-refractivity contribution in [2.75, 3.05) is 40.6 Å². The van der Waals surface area contributed by atoms with E-state index in [4.69, 9.17) is 5.10 Å². The van der Waals surface area contributed by atoms with Crippen LogP contribution in [0.2, 0.25) is 0 Å².